The molecule has 2 aliphatic carbocycles. The van der Waals surface area contributed by atoms with Crippen LogP contribution < -0.4 is 10.4 Å². The predicted octanol–water partition coefficient (Wildman–Crippen LogP) is 1.79. The van der Waals surface area contributed by atoms with Crippen molar-refractivity contribution in [3.8, 4) is 0 Å². The Morgan fingerprint density at radius 2 is 1.65 bits per heavy atom. The van der Waals surface area contributed by atoms with Crippen molar-refractivity contribution in [1.29, 1.82) is 0 Å². The van der Waals surface area contributed by atoms with Crippen LogP contribution in [0.15, 0.2) is 24.3 Å². The molecule has 2 aliphatic rings. The van der Waals surface area contributed by atoms with Crippen LogP contribution in [0.1, 0.15) is 24.0 Å². The van der Waals surface area contributed by atoms with E-state index in [-0.39, 0.29) is 0 Å². The Balaban J connectivity index is 2.39. The molecule has 2 aromatic carbocycles. The quantitative estimate of drug-likeness (QED) is 0.589. The SMILES string of the molecule is [B]C1=c2ccc3c4c(ccc(c24)CC1)=CCC3. The molecule has 0 heterocycles. The summed E-state index contributed by atoms with van der Waals surface area (Å²) in [6.45, 7) is 0. The first-order valence-electron chi connectivity index (χ1n) is 6.37. The van der Waals surface area contributed by atoms with Crippen molar-refractivity contribution in [1.82, 2.24) is 0 Å². The number of hydrogen-bond donors (Lipinski definition) is 0. The first-order valence-corrected chi connectivity index (χ1v) is 6.37. The van der Waals surface area contributed by atoms with Crippen molar-refractivity contribution in [2.24, 2.45) is 0 Å². The summed E-state index contributed by atoms with van der Waals surface area (Å²) >= 11 is 0. The average Bonchev–Trinajstić information content (AvgIpc) is 2.38. The summed E-state index contributed by atoms with van der Waals surface area (Å²) in [6.07, 6.45) is 6.80. The van der Waals surface area contributed by atoms with Gasteiger partial charge in [0.1, 0.15) is 7.85 Å². The second-order valence-corrected chi connectivity index (χ2v) is 5.10. The van der Waals surface area contributed by atoms with Gasteiger partial charge >= 0.3 is 0 Å². The molecule has 0 spiro atoms. The minimum absolute atomic E-state index is 1.00. The zero-order valence-electron chi connectivity index (χ0n) is 9.79. The lowest BCUT2D eigenvalue weighted by Gasteiger charge is -2.19. The summed E-state index contributed by atoms with van der Waals surface area (Å²) in [6, 6.07) is 9.08. The predicted molar refractivity (Wildman–Crippen MR) is 73.5 cm³/mol. The van der Waals surface area contributed by atoms with Gasteiger partial charge in [-0.3, -0.25) is 0 Å². The van der Waals surface area contributed by atoms with Gasteiger partial charge in [-0.15, -0.1) is 5.47 Å². The van der Waals surface area contributed by atoms with Crippen molar-refractivity contribution in [2.75, 3.05) is 0 Å². The van der Waals surface area contributed by atoms with Crippen molar-refractivity contribution < 1.29 is 0 Å². The molecular formula is C16H13B. The van der Waals surface area contributed by atoms with Gasteiger partial charge in [-0.05, 0) is 58.0 Å². The van der Waals surface area contributed by atoms with Crippen LogP contribution in [0, 0.1) is 0 Å². The summed E-state index contributed by atoms with van der Waals surface area (Å²) in [5, 5.41) is 5.58. The molecule has 0 saturated carbocycles. The van der Waals surface area contributed by atoms with E-state index in [1.807, 2.05) is 0 Å². The van der Waals surface area contributed by atoms with Crippen LogP contribution in [0.4, 0.5) is 0 Å². The number of aryl methyl sites for hydroxylation is 2. The lowest BCUT2D eigenvalue weighted by Crippen LogP contribution is -2.21. The number of hydrogen-bond acceptors (Lipinski definition) is 0. The molecule has 2 radical (unpaired) electrons. The average molecular weight is 216 g/mol. The molecule has 2 aromatic rings. The van der Waals surface area contributed by atoms with Gasteiger partial charge in [0.2, 0.25) is 0 Å². The van der Waals surface area contributed by atoms with Crippen LogP contribution in [0.5, 0.6) is 0 Å². The Kier molecular flexibility index (Phi) is 1.82. The van der Waals surface area contributed by atoms with Crippen LogP contribution >= 0.6 is 0 Å². The maximum absolute atomic E-state index is 6.17. The van der Waals surface area contributed by atoms with E-state index in [1.54, 1.807) is 0 Å². The Bertz CT molecular complexity index is 753. The maximum atomic E-state index is 6.17. The largest absolute Gasteiger partial charge is 0.110 e. The molecule has 0 fully saturated rings. The van der Waals surface area contributed by atoms with E-state index in [1.165, 1.54) is 45.2 Å². The lowest BCUT2D eigenvalue weighted by atomic mass is 9.79. The highest BCUT2D eigenvalue weighted by Crippen LogP contribution is 2.24. The Morgan fingerprint density at radius 3 is 2.59 bits per heavy atom. The molecule has 0 amide bonds. The van der Waals surface area contributed by atoms with Gasteiger partial charge < -0.3 is 0 Å². The monoisotopic (exact) mass is 216 g/mol. The van der Waals surface area contributed by atoms with Crippen molar-refractivity contribution >= 4 is 30.2 Å². The van der Waals surface area contributed by atoms with Gasteiger partial charge in [0.05, 0.1) is 0 Å². The molecule has 17 heavy (non-hydrogen) atoms. The molecule has 0 atom stereocenters. The van der Waals surface area contributed by atoms with E-state index in [2.05, 4.69) is 30.3 Å². The molecule has 0 N–H and O–H groups in total. The van der Waals surface area contributed by atoms with Gasteiger partial charge in [0.25, 0.3) is 0 Å². The summed E-state index contributed by atoms with van der Waals surface area (Å²) < 4.78 is 0. The summed E-state index contributed by atoms with van der Waals surface area (Å²) in [5.74, 6) is 0. The molecule has 80 valence electrons. The van der Waals surface area contributed by atoms with Gasteiger partial charge in [-0.25, -0.2) is 0 Å². The highest BCUT2D eigenvalue weighted by molar-refractivity contribution is 6.39. The van der Waals surface area contributed by atoms with Gasteiger partial charge in [-0.1, -0.05) is 30.3 Å². The zero-order chi connectivity index (χ0) is 11.4. The minimum atomic E-state index is 1.00. The van der Waals surface area contributed by atoms with E-state index in [4.69, 9.17) is 7.85 Å². The fourth-order valence-electron chi connectivity index (χ4n) is 3.31. The Morgan fingerprint density at radius 1 is 0.824 bits per heavy atom. The normalized spacial score (nSPS) is 17.1. The fraction of sp³-hybridized carbons (Fsp3) is 0.250. The van der Waals surface area contributed by atoms with Crippen LogP contribution in [0.3, 0.4) is 0 Å². The van der Waals surface area contributed by atoms with E-state index >= 15 is 0 Å². The molecule has 0 aliphatic heterocycles. The molecule has 0 bridgehead atoms. The topological polar surface area (TPSA) is 0 Å². The second kappa shape index (κ2) is 3.26. The van der Waals surface area contributed by atoms with Gasteiger partial charge in [0.15, 0.2) is 0 Å². The standard InChI is InChI=1S/C16H13B/c17-14-9-7-12-5-4-10-2-1-3-11-6-8-13(14)16(12)15(10)11/h2,4-6,8H,1,3,7,9H2. The van der Waals surface area contributed by atoms with E-state index in [9.17, 15) is 0 Å². The van der Waals surface area contributed by atoms with Crippen molar-refractivity contribution in [2.45, 2.75) is 25.7 Å². The van der Waals surface area contributed by atoms with Crippen molar-refractivity contribution in [3.05, 3.63) is 45.8 Å². The molecule has 0 nitrogen and oxygen atoms in total. The third kappa shape index (κ3) is 1.20. The molecule has 0 aromatic heterocycles. The molecule has 4 rings (SSSR count). The second-order valence-electron chi connectivity index (χ2n) is 5.10. The highest BCUT2D eigenvalue weighted by Gasteiger charge is 2.14. The number of rotatable bonds is 0. The Hall–Kier alpha value is -1.50. The lowest BCUT2D eigenvalue weighted by molar-refractivity contribution is 1.01. The maximum Gasteiger partial charge on any atom is 0.108 e. The highest BCUT2D eigenvalue weighted by atomic mass is 14.2. The first kappa shape index (κ1) is 9.53. The fourth-order valence-corrected chi connectivity index (χ4v) is 3.31. The summed E-state index contributed by atoms with van der Waals surface area (Å²) in [7, 11) is 6.17. The van der Waals surface area contributed by atoms with E-state index in [0.717, 1.165) is 18.3 Å². The van der Waals surface area contributed by atoms with Gasteiger partial charge in [-0.2, -0.15) is 0 Å². The molecule has 0 saturated heterocycles. The van der Waals surface area contributed by atoms with Crippen molar-refractivity contribution in [3.63, 3.8) is 0 Å². The van der Waals surface area contributed by atoms with Crippen LogP contribution in [-0.2, 0) is 12.8 Å². The Labute approximate surface area is 102 Å². The third-order valence-electron chi connectivity index (χ3n) is 4.15. The summed E-state index contributed by atoms with van der Waals surface area (Å²) in [5.41, 5.74) is 4.04. The van der Waals surface area contributed by atoms with Gasteiger partial charge in [0, 0.05) is 0 Å². The molecule has 0 unspecified atom stereocenters. The van der Waals surface area contributed by atoms with Crippen LogP contribution in [0.25, 0.3) is 22.3 Å². The zero-order valence-corrected chi connectivity index (χ0v) is 9.79. The van der Waals surface area contributed by atoms with E-state index in [0.29, 0.717) is 0 Å². The summed E-state index contributed by atoms with van der Waals surface area (Å²) in [4.78, 5) is 0. The van der Waals surface area contributed by atoms with Crippen LogP contribution in [0.2, 0.25) is 0 Å². The first-order chi connectivity index (χ1) is 8.34. The third-order valence-corrected chi connectivity index (χ3v) is 4.15. The molecule has 1 heteroatoms. The molecular weight excluding hydrogens is 203 g/mol. The number of benzene rings is 2. The minimum Gasteiger partial charge on any atom is -0.110 e. The van der Waals surface area contributed by atoms with E-state index < -0.39 is 0 Å². The smallest absolute Gasteiger partial charge is 0.108 e. The van der Waals surface area contributed by atoms with Crippen LogP contribution in [-0.4, -0.2) is 7.85 Å².